The number of nitrogens with zero attached hydrogens (tertiary/aromatic N) is 5. The topological polar surface area (TPSA) is 63.4 Å². The standard InChI is InChI=1S/C17H19N5OS/c1-11-12(2)24-15(19-11)13-5-3-7-21(9-13)16(23)14-10-22-8-4-6-18-17(22)20-14/h4,6,8,10,13H,3,5,7,9H2,1-2H3/t13-/m0/s1. The van der Waals surface area contributed by atoms with Crippen molar-refractivity contribution in [2.75, 3.05) is 13.1 Å². The second-order valence-corrected chi connectivity index (χ2v) is 7.47. The fourth-order valence-electron chi connectivity index (χ4n) is 3.13. The lowest BCUT2D eigenvalue weighted by atomic mass is 9.98. The van der Waals surface area contributed by atoms with Crippen LogP contribution >= 0.6 is 11.3 Å². The monoisotopic (exact) mass is 341 g/mol. The lowest BCUT2D eigenvalue weighted by molar-refractivity contribution is 0.0701. The molecule has 1 aliphatic rings. The number of likely N-dealkylation sites (tertiary alicyclic amines) is 1. The van der Waals surface area contributed by atoms with Crippen molar-refractivity contribution in [2.24, 2.45) is 0 Å². The predicted molar refractivity (Wildman–Crippen MR) is 92.5 cm³/mol. The van der Waals surface area contributed by atoms with E-state index in [-0.39, 0.29) is 5.91 Å². The van der Waals surface area contributed by atoms with Gasteiger partial charge in [-0.15, -0.1) is 11.3 Å². The highest BCUT2D eigenvalue weighted by Crippen LogP contribution is 2.31. The summed E-state index contributed by atoms with van der Waals surface area (Å²) in [7, 11) is 0. The van der Waals surface area contributed by atoms with Crippen LogP contribution in [0.5, 0.6) is 0 Å². The fraction of sp³-hybridized carbons (Fsp3) is 0.412. The van der Waals surface area contributed by atoms with Crippen LogP contribution in [0.1, 0.15) is 44.8 Å². The van der Waals surface area contributed by atoms with E-state index in [0.717, 1.165) is 30.1 Å². The number of piperidine rings is 1. The summed E-state index contributed by atoms with van der Waals surface area (Å²) in [4.78, 5) is 29.2. The molecule has 0 radical (unpaired) electrons. The highest BCUT2D eigenvalue weighted by molar-refractivity contribution is 7.11. The molecule has 0 saturated carbocycles. The molecular formula is C17H19N5OS. The average Bonchev–Trinajstić information content (AvgIpc) is 3.18. The number of fused-ring (bicyclic) bond motifs is 1. The molecule has 0 spiro atoms. The number of aromatic nitrogens is 4. The molecule has 1 atom stereocenters. The smallest absolute Gasteiger partial charge is 0.274 e. The second-order valence-electron chi connectivity index (χ2n) is 6.24. The molecule has 0 aliphatic carbocycles. The van der Waals surface area contributed by atoms with Crippen LogP contribution in [0.3, 0.4) is 0 Å². The highest BCUT2D eigenvalue weighted by Gasteiger charge is 2.28. The van der Waals surface area contributed by atoms with Crippen LogP contribution in [0.4, 0.5) is 0 Å². The maximum absolute atomic E-state index is 12.8. The van der Waals surface area contributed by atoms with E-state index in [4.69, 9.17) is 0 Å². The Morgan fingerprint density at radius 2 is 2.21 bits per heavy atom. The first kappa shape index (κ1) is 15.3. The minimum absolute atomic E-state index is 0.0183. The number of rotatable bonds is 2. The van der Waals surface area contributed by atoms with Gasteiger partial charge < -0.3 is 4.90 Å². The zero-order valence-corrected chi connectivity index (χ0v) is 14.6. The van der Waals surface area contributed by atoms with Gasteiger partial charge in [-0.25, -0.2) is 15.0 Å². The van der Waals surface area contributed by atoms with Gasteiger partial charge in [-0.05, 0) is 32.8 Å². The van der Waals surface area contributed by atoms with Gasteiger partial charge in [-0.2, -0.15) is 0 Å². The minimum atomic E-state index is -0.0183. The molecule has 0 N–H and O–H groups in total. The SMILES string of the molecule is Cc1nc([C@H]2CCCN(C(=O)c3cn4cccnc4n3)C2)sc1C. The molecule has 0 bridgehead atoms. The van der Waals surface area contributed by atoms with Crippen molar-refractivity contribution in [3.05, 3.63) is 45.9 Å². The van der Waals surface area contributed by atoms with E-state index >= 15 is 0 Å². The number of hydrogen-bond donors (Lipinski definition) is 0. The van der Waals surface area contributed by atoms with Crippen molar-refractivity contribution in [3.63, 3.8) is 0 Å². The maximum atomic E-state index is 12.8. The number of hydrogen-bond acceptors (Lipinski definition) is 5. The summed E-state index contributed by atoms with van der Waals surface area (Å²) in [5, 5.41) is 1.15. The summed E-state index contributed by atoms with van der Waals surface area (Å²) >= 11 is 1.76. The lowest BCUT2D eigenvalue weighted by Gasteiger charge is -2.31. The molecule has 3 aromatic rings. The van der Waals surface area contributed by atoms with Gasteiger partial charge >= 0.3 is 0 Å². The molecule has 0 aromatic carbocycles. The molecule has 1 aliphatic heterocycles. The van der Waals surface area contributed by atoms with Crippen molar-refractivity contribution in [2.45, 2.75) is 32.6 Å². The molecular weight excluding hydrogens is 322 g/mol. The second kappa shape index (κ2) is 5.98. The molecule has 4 rings (SSSR count). The van der Waals surface area contributed by atoms with Crippen LogP contribution in [0.15, 0.2) is 24.7 Å². The maximum Gasteiger partial charge on any atom is 0.274 e. The van der Waals surface area contributed by atoms with E-state index in [2.05, 4.69) is 21.9 Å². The molecule has 6 nitrogen and oxygen atoms in total. The number of amides is 1. The van der Waals surface area contributed by atoms with Crippen molar-refractivity contribution < 1.29 is 4.79 Å². The van der Waals surface area contributed by atoms with Crippen molar-refractivity contribution in [3.8, 4) is 0 Å². The Balaban J connectivity index is 1.55. The Morgan fingerprint density at radius 1 is 1.33 bits per heavy atom. The number of carbonyl (C=O) groups excluding carboxylic acids is 1. The Kier molecular flexibility index (Phi) is 3.80. The normalized spacial score (nSPS) is 18.2. The third-order valence-electron chi connectivity index (χ3n) is 4.56. The molecule has 1 amide bonds. The van der Waals surface area contributed by atoms with Gasteiger partial charge in [-0.1, -0.05) is 0 Å². The third-order valence-corrected chi connectivity index (χ3v) is 5.79. The molecule has 1 fully saturated rings. The van der Waals surface area contributed by atoms with E-state index in [1.165, 1.54) is 4.88 Å². The Labute approximate surface area is 144 Å². The number of carbonyl (C=O) groups is 1. The Bertz CT molecular complexity index is 847. The van der Waals surface area contributed by atoms with Gasteiger partial charge in [0, 0.05) is 42.5 Å². The Hall–Kier alpha value is -2.28. The lowest BCUT2D eigenvalue weighted by Crippen LogP contribution is -2.39. The van der Waals surface area contributed by atoms with Gasteiger partial charge in [0.05, 0.1) is 10.7 Å². The zero-order valence-electron chi connectivity index (χ0n) is 13.8. The molecule has 3 aromatic heterocycles. The van der Waals surface area contributed by atoms with E-state index < -0.39 is 0 Å². The van der Waals surface area contributed by atoms with Crippen LogP contribution in [0, 0.1) is 13.8 Å². The van der Waals surface area contributed by atoms with Crippen LogP contribution < -0.4 is 0 Å². The summed E-state index contributed by atoms with van der Waals surface area (Å²) in [5.41, 5.74) is 1.56. The van der Waals surface area contributed by atoms with Gasteiger partial charge in [-0.3, -0.25) is 9.20 Å². The number of thiazole rings is 1. The summed E-state index contributed by atoms with van der Waals surface area (Å²) in [5.74, 6) is 0.867. The van der Waals surface area contributed by atoms with Crippen molar-refractivity contribution in [1.82, 2.24) is 24.3 Å². The first-order valence-corrected chi connectivity index (χ1v) is 8.96. The molecule has 124 valence electrons. The number of aryl methyl sites for hydroxylation is 2. The molecule has 0 unspecified atom stereocenters. The van der Waals surface area contributed by atoms with Gasteiger partial charge in [0.2, 0.25) is 5.78 Å². The minimum Gasteiger partial charge on any atom is -0.337 e. The van der Waals surface area contributed by atoms with E-state index in [9.17, 15) is 4.79 Å². The Morgan fingerprint density at radius 3 is 2.96 bits per heavy atom. The van der Waals surface area contributed by atoms with E-state index in [0.29, 0.717) is 23.9 Å². The van der Waals surface area contributed by atoms with Crippen LogP contribution in [-0.4, -0.2) is 43.2 Å². The molecule has 1 saturated heterocycles. The van der Waals surface area contributed by atoms with Gasteiger partial charge in [0.25, 0.3) is 5.91 Å². The molecule has 7 heteroatoms. The summed E-state index contributed by atoms with van der Waals surface area (Å²) in [6, 6.07) is 1.83. The third kappa shape index (κ3) is 2.69. The predicted octanol–water partition coefficient (Wildman–Crippen LogP) is 2.82. The van der Waals surface area contributed by atoms with Gasteiger partial charge in [0.1, 0.15) is 5.69 Å². The molecule has 4 heterocycles. The summed E-state index contributed by atoms with van der Waals surface area (Å²) < 4.78 is 1.78. The summed E-state index contributed by atoms with van der Waals surface area (Å²) in [6.45, 7) is 5.64. The van der Waals surface area contributed by atoms with Crippen LogP contribution in [0.2, 0.25) is 0 Å². The average molecular weight is 341 g/mol. The fourth-order valence-corrected chi connectivity index (χ4v) is 4.18. The zero-order chi connectivity index (χ0) is 16.7. The largest absolute Gasteiger partial charge is 0.337 e. The first-order chi connectivity index (χ1) is 11.6. The molecule has 24 heavy (non-hydrogen) atoms. The van der Waals surface area contributed by atoms with Crippen molar-refractivity contribution in [1.29, 1.82) is 0 Å². The van der Waals surface area contributed by atoms with E-state index in [1.54, 1.807) is 28.1 Å². The highest BCUT2D eigenvalue weighted by atomic mass is 32.1. The van der Waals surface area contributed by atoms with Crippen LogP contribution in [-0.2, 0) is 0 Å². The van der Waals surface area contributed by atoms with Crippen molar-refractivity contribution >= 4 is 23.0 Å². The quantitative estimate of drug-likeness (QED) is 0.719. The number of imidazole rings is 1. The summed E-state index contributed by atoms with van der Waals surface area (Å²) in [6.07, 6.45) is 7.38. The first-order valence-electron chi connectivity index (χ1n) is 8.15. The van der Waals surface area contributed by atoms with Gasteiger partial charge in [0.15, 0.2) is 0 Å². The van der Waals surface area contributed by atoms with E-state index in [1.807, 2.05) is 24.1 Å². The van der Waals surface area contributed by atoms with Crippen LogP contribution in [0.25, 0.3) is 5.78 Å².